The van der Waals surface area contributed by atoms with E-state index in [2.05, 4.69) is 9.97 Å². The lowest BCUT2D eigenvalue weighted by Crippen LogP contribution is -1.96. The summed E-state index contributed by atoms with van der Waals surface area (Å²) in [5, 5.41) is 0. The average Bonchev–Trinajstić information content (AvgIpc) is 2.56. The summed E-state index contributed by atoms with van der Waals surface area (Å²) >= 11 is 0. The van der Waals surface area contributed by atoms with Crippen LogP contribution in [0.1, 0.15) is 17.0 Å². The molecule has 0 saturated carbocycles. The molecule has 0 atom stereocenters. The Labute approximate surface area is 93.5 Å². The van der Waals surface area contributed by atoms with Crippen molar-refractivity contribution in [3.8, 4) is 0 Å². The minimum absolute atomic E-state index is 0.163. The van der Waals surface area contributed by atoms with Crippen molar-refractivity contribution >= 4 is 5.95 Å². The second kappa shape index (κ2) is 4.35. The SMILES string of the molecule is Cc1[nH]c(N)nc1CCc1ccccc1F. The third kappa shape index (κ3) is 2.21. The largest absolute Gasteiger partial charge is 0.369 e. The molecule has 0 aliphatic rings. The van der Waals surface area contributed by atoms with Crippen LogP contribution in [0.5, 0.6) is 0 Å². The van der Waals surface area contributed by atoms with E-state index in [0.29, 0.717) is 24.4 Å². The molecule has 1 heterocycles. The molecule has 0 bridgehead atoms. The maximum absolute atomic E-state index is 13.3. The summed E-state index contributed by atoms with van der Waals surface area (Å²) in [6, 6.07) is 6.79. The van der Waals surface area contributed by atoms with Gasteiger partial charge in [-0.3, -0.25) is 0 Å². The lowest BCUT2D eigenvalue weighted by atomic mass is 10.1. The molecule has 3 N–H and O–H groups in total. The number of anilines is 1. The molecule has 2 aromatic rings. The average molecular weight is 219 g/mol. The van der Waals surface area contributed by atoms with Crippen LogP contribution in [0, 0.1) is 12.7 Å². The van der Waals surface area contributed by atoms with Crippen molar-refractivity contribution in [2.75, 3.05) is 5.73 Å². The number of nitrogens with zero attached hydrogens (tertiary/aromatic N) is 1. The van der Waals surface area contributed by atoms with E-state index in [1.54, 1.807) is 12.1 Å². The number of hydrogen-bond acceptors (Lipinski definition) is 2. The fourth-order valence-corrected chi connectivity index (χ4v) is 1.72. The molecule has 0 amide bonds. The van der Waals surface area contributed by atoms with Crippen molar-refractivity contribution in [3.05, 3.63) is 47.0 Å². The smallest absolute Gasteiger partial charge is 0.197 e. The van der Waals surface area contributed by atoms with Crippen LogP contribution in [0.3, 0.4) is 0 Å². The number of imidazole rings is 1. The van der Waals surface area contributed by atoms with E-state index in [4.69, 9.17) is 5.73 Å². The lowest BCUT2D eigenvalue weighted by Gasteiger charge is -2.01. The second-order valence-electron chi connectivity index (χ2n) is 3.79. The van der Waals surface area contributed by atoms with E-state index >= 15 is 0 Å². The van der Waals surface area contributed by atoms with Gasteiger partial charge in [-0.1, -0.05) is 18.2 Å². The fourth-order valence-electron chi connectivity index (χ4n) is 1.72. The first-order chi connectivity index (χ1) is 7.66. The van der Waals surface area contributed by atoms with Crippen molar-refractivity contribution in [2.24, 2.45) is 0 Å². The van der Waals surface area contributed by atoms with Crippen LogP contribution in [0.4, 0.5) is 10.3 Å². The summed E-state index contributed by atoms with van der Waals surface area (Å²) in [5.74, 6) is 0.254. The van der Waals surface area contributed by atoms with Crippen molar-refractivity contribution in [1.82, 2.24) is 9.97 Å². The standard InChI is InChI=1S/C12H14FN3/c1-8-11(16-12(14)15-8)7-6-9-4-2-3-5-10(9)13/h2-5H,6-7H2,1H3,(H3,14,15,16). The van der Waals surface area contributed by atoms with Crippen molar-refractivity contribution in [3.63, 3.8) is 0 Å². The molecule has 1 aromatic heterocycles. The van der Waals surface area contributed by atoms with Gasteiger partial charge in [0, 0.05) is 5.69 Å². The highest BCUT2D eigenvalue weighted by molar-refractivity contribution is 5.26. The molecular weight excluding hydrogens is 205 g/mol. The summed E-state index contributed by atoms with van der Waals surface area (Å²) in [6.07, 6.45) is 1.33. The molecule has 0 radical (unpaired) electrons. The normalized spacial score (nSPS) is 10.6. The Balaban J connectivity index is 2.08. The van der Waals surface area contributed by atoms with Gasteiger partial charge in [0.15, 0.2) is 5.95 Å². The number of nitrogens with two attached hydrogens (primary N) is 1. The van der Waals surface area contributed by atoms with Crippen LogP contribution >= 0.6 is 0 Å². The zero-order chi connectivity index (χ0) is 11.5. The zero-order valence-corrected chi connectivity index (χ0v) is 9.13. The van der Waals surface area contributed by atoms with Gasteiger partial charge in [-0.15, -0.1) is 0 Å². The Morgan fingerprint density at radius 2 is 2.06 bits per heavy atom. The number of rotatable bonds is 3. The quantitative estimate of drug-likeness (QED) is 0.831. The second-order valence-corrected chi connectivity index (χ2v) is 3.79. The number of H-pyrrole nitrogens is 1. The molecule has 16 heavy (non-hydrogen) atoms. The minimum Gasteiger partial charge on any atom is -0.369 e. The van der Waals surface area contributed by atoms with Gasteiger partial charge in [0.1, 0.15) is 5.82 Å². The molecule has 1 aromatic carbocycles. The molecule has 3 nitrogen and oxygen atoms in total. The predicted molar refractivity (Wildman–Crippen MR) is 61.5 cm³/mol. The van der Waals surface area contributed by atoms with Crippen LogP contribution in [0.25, 0.3) is 0 Å². The maximum Gasteiger partial charge on any atom is 0.197 e. The fraction of sp³-hybridized carbons (Fsp3) is 0.250. The molecule has 2 rings (SSSR count). The first-order valence-corrected chi connectivity index (χ1v) is 5.21. The molecule has 0 unspecified atom stereocenters. The van der Waals surface area contributed by atoms with Gasteiger partial charge in [-0.05, 0) is 31.4 Å². The maximum atomic E-state index is 13.3. The molecular formula is C12H14FN3. The van der Waals surface area contributed by atoms with Crippen LogP contribution in [-0.2, 0) is 12.8 Å². The summed E-state index contributed by atoms with van der Waals surface area (Å²) in [4.78, 5) is 7.09. The van der Waals surface area contributed by atoms with Crippen LogP contribution in [0.15, 0.2) is 24.3 Å². The Kier molecular flexibility index (Phi) is 2.90. The Bertz CT molecular complexity index is 491. The molecule has 0 fully saturated rings. The van der Waals surface area contributed by atoms with Crippen LogP contribution < -0.4 is 5.73 Å². The van der Waals surface area contributed by atoms with Gasteiger partial charge in [0.25, 0.3) is 0 Å². The van der Waals surface area contributed by atoms with Crippen LogP contribution in [-0.4, -0.2) is 9.97 Å². The van der Waals surface area contributed by atoms with Gasteiger partial charge in [0.05, 0.1) is 5.69 Å². The number of hydrogen-bond donors (Lipinski definition) is 2. The minimum atomic E-state index is -0.163. The van der Waals surface area contributed by atoms with Gasteiger partial charge >= 0.3 is 0 Å². The summed E-state index contributed by atoms with van der Waals surface area (Å²) in [6.45, 7) is 1.92. The number of aromatic amines is 1. The van der Waals surface area contributed by atoms with Gasteiger partial charge in [-0.2, -0.15) is 0 Å². The molecule has 0 aliphatic carbocycles. The van der Waals surface area contributed by atoms with E-state index < -0.39 is 0 Å². The third-order valence-corrected chi connectivity index (χ3v) is 2.59. The topological polar surface area (TPSA) is 54.7 Å². The number of nitrogen functional groups attached to an aromatic ring is 1. The zero-order valence-electron chi connectivity index (χ0n) is 9.13. The van der Waals surface area contributed by atoms with Crippen LogP contribution in [0.2, 0.25) is 0 Å². The first kappa shape index (κ1) is 10.7. The predicted octanol–water partition coefficient (Wildman–Crippen LogP) is 2.22. The van der Waals surface area contributed by atoms with Gasteiger partial charge < -0.3 is 10.7 Å². The summed E-state index contributed by atoms with van der Waals surface area (Å²) in [5.41, 5.74) is 8.11. The monoisotopic (exact) mass is 219 g/mol. The van der Waals surface area contributed by atoms with Crippen molar-refractivity contribution in [1.29, 1.82) is 0 Å². The van der Waals surface area contributed by atoms with Crippen molar-refractivity contribution < 1.29 is 4.39 Å². The van der Waals surface area contributed by atoms with E-state index in [0.717, 1.165) is 11.4 Å². The van der Waals surface area contributed by atoms with E-state index in [1.807, 2.05) is 13.0 Å². The van der Waals surface area contributed by atoms with Crippen molar-refractivity contribution in [2.45, 2.75) is 19.8 Å². The van der Waals surface area contributed by atoms with E-state index in [9.17, 15) is 4.39 Å². The molecule has 0 aliphatic heterocycles. The Hall–Kier alpha value is -1.84. The van der Waals surface area contributed by atoms with Gasteiger partial charge in [-0.25, -0.2) is 9.37 Å². The molecule has 4 heteroatoms. The highest BCUT2D eigenvalue weighted by Gasteiger charge is 2.06. The number of halogens is 1. The lowest BCUT2D eigenvalue weighted by molar-refractivity contribution is 0.608. The van der Waals surface area contributed by atoms with E-state index in [-0.39, 0.29) is 5.82 Å². The summed E-state index contributed by atoms with van der Waals surface area (Å²) < 4.78 is 13.3. The highest BCUT2D eigenvalue weighted by atomic mass is 19.1. The Morgan fingerprint density at radius 3 is 2.69 bits per heavy atom. The molecule has 84 valence electrons. The van der Waals surface area contributed by atoms with E-state index in [1.165, 1.54) is 6.07 Å². The Morgan fingerprint density at radius 1 is 1.31 bits per heavy atom. The molecule has 0 spiro atoms. The highest BCUT2D eigenvalue weighted by Crippen LogP contribution is 2.12. The number of aromatic nitrogens is 2. The summed E-state index contributed by atoms with van der Waals surface area (Å²) in [7, 11) is 0. The number of aryl methyl sites for hydroxylation is 3. The molecule has 0 saturated heterocycles. The number of nitrogens with one attached hydrogen (secondary N) is 1. The van der Waals surface area contributed by atoms with Gasteiger partial charge in [0.2, 0.25) is 0 Å². The first-order valence-electron chi connectivity index (χ1n) is 5.21. The third-order valence-electron chi connectivity index (χ3n) is 2.59. The number of benzene rings is 1.